The van der Waals surface area contributed by atoms with Gasteiger partial charge in [0.15, 0.2) is 6.61 Å². The van der Waals surface area contributed by atoms with Gasteiger partial charge in [-0.2, -0.15) is 4.31 Å². The Labute approximate surface area is 191 Å². The van der Waals surface area contributed by atoms with Crippen LogP contribution < -0.4 is 5.32 Å². The van der Waals surface area contributed by atoms with E-state index in [9.17, 15) is 22.4 Å². The van der Waals surface area contributed by atoms with Gasteiger partial charge in [0.2, 0.25) is 10.0 Å². The van der Waals surface area contributed by atoms with Gasteiger partial charge in [0, 0.05) is 13.1 Å². The van der Waals surface area contributed by atoms with E-state index in [1.807, 2.05) is 13.8 Å². The van der Waals surface area contributed by atoms with E-state index in [0.717, 1.165) is 18.6 Å². The van der Waals surface area contributed by atoms with Crippen LogP contribution in [0.25, 0.3) is 0 Å². The number of piperidine rings is 1. The first-order valence-electron chi connectivity index (χ1n) is 10.1. The molecule has 1 N–H and O–H groups in total. The van der Waals surface area contributed by atoms with Crippen molar-refractivity contribution in [1.82, 2.24) is 4.31 Å². The number of nitrogens with one attached hydrogen (secondary N) is 1. The number of anilines is 1. The van der Waals surface area contributed by atoms with Crippen LogP contribution in [0.5, 0.6) is 0 Å². The predicted octanol–water partition coefficient (Wildman–Crippen LogP) is 3.94. The molecular weight excluding hydrogens is 459 g/mol. The molecule has 0 spiro atoms. The molecule has 172 valence electrons. The summed E-state index contributed by atoms with van der Waals surface area (Å²) in [6.45, 7) is 4.39. The van der Waals surface area contributed by atoms with Gasteiger partial charge in [-0.3, -0.25) is 4.79 Å². The van der Waals surface area contributed by atoms with Gasteiger partial charge in [-0.25, -0.2) is 17.6 Å². The van der Waals surface area contributed by atoms with Crippen LogP contribution in [0.3, 0.4) is 0 Å². The maximum Gasteiger partial charge on any atom is 0.338 e. The van der Waals surface area contributed by atoms with Crippen molar-refractivity contribution in [3.8, 4) is 0 Å². The first kappa shape index (κ1) is 24.2. The molecule has 1 amide bonds. The summed E-state index contributed by atoms with van der Waals surface area (Å²) >= 11 is 5.84. The number of carbonyl (C=O) groups is 2. The molecule has 2 atom stereocenters. The van der Waals surface area contributed by atoms with Crippen molar-refractivity contribution in [3.05, 3.63) is 58.9 Å². The second-order valence-corrected chi connectivity index (χ2v) is 10.4. The fourth-order valence-electron chi connectivity index (χ4n) is 3.71. The highest BCUT2D eigenvalue weighted by molar-refractivity contribution is 7.89. The second-order valence-electron chi connectivity index (χ2n) is 8.04. The number of esters is 1. The van der Waals surface area contributed by atoms with E-state index in [1.165, 1.54) is 34.6 Å². The van der Waals surface area contributed by atoms with Gasteiger partial charge in [-0.05, 0) is 60.7 Å². The van der Waals surface area contributed by atoms with Crippen molar-refractivity contribution >= 4 is 39.2 Å². The second kappa shape index (κ2) is 9.97. The van der Waals surface area contributed by atoms with Crippen LogP contribution in [0.1, 0.15) is 30.6 Å². The lowest BCUT2D eigenvalue weighted by Gasteiger charge is -2.34. The van der Waals surface area contributed by atoms with Crippen LogP contribution in [0.2, 0.25) is 5.02 Å². The van der Waals surface area contributed by atoms with Crippen molar-refractivity contribution in [2.45, 2.75) is 25.2 Å². The minimum absolute atomic E-state index is 0.0129. The van der Waals surface area contributed by atoms with Crippen molar-refractivity contribution in [1.29, 1.82) is 0 Å². The highest BCUT2D eigenvalue weighted by atomic mass is 35.5. The Morgan fingerprint density at radius 1 is 1.12 bits per heavy atom. The summed E-state index contributed by atoms with van der Waals surface area (Å²) < 4.78 is 45.3. The number of halogens is 2. The Morgan fingerprint density at radius 2 is 1.75 bits per heavy atom. The third-order valence-electron chi connectivity index (χ3n) is 5.10. The predicted molar refractivity (Wildman–Crippen MR) is 118 cm³/mol. The number of nitrogens with zero attached hydrogens (tertiary/aromatic N) is 1. The van der Waals surface area contributed by atoms with Crippen molar-refractivity contribution in [2.75, 3.05) is 25.0 Å². The molecule has 0 unspecified atom stereocenters. The molecule has 2 aromatic carbocycles. The number of sulfonamides is 1. The van der Waals surface area contributed by atoms with Gasteiger partial charge in [0.1, 0.15) is 5.82 Å². The van der Waals surface area contributed by atoms with Crippen LogP contribution in [0.15, 0.2) is 47.4 Å². The average molecular weight is 483 g/mol. The van der Waals surface area contributed by atoms with Gasteiger partial charge in [-0.1, -0.05) is 25.4 Å². The first-order chi connectivity index (χ1) is 15.1. The molecule has 1 fully saturated rings. The first-order valence-corrected chi connectivity index (χ1v) is 11.9. The van der Waals surface area contributed by atoms with E-state index < -0.39 is 34.3 Å². The summed E-state index contributed by atoms with van der Waals surface area (Å²) in [5.41, 5.74) is 0.293. The van der Waals surface area contributed by atoms with E-state index in [0.29, 0.717) is 13.1 Å². The molecule has 0 radical (unpaired) electrons. The summed E-state index contributed by atoms with van der Waals surface area (Å²) in [4.78, 5) is 24.3. The minimum Gasteiger partial charge on any atom is -0.452 e. The molecular formula is C22H24ClFN2O5S. The minimum atomic E-state index is -3.66. The van der Waals surface area contributed by atoms with Gasteiger partial charge < -0.3 is 10.1 Å². The van der Waals surface area contributed by atoms with Crippen molar-refractivity contribution < 1.29 is 27.1 Å². The molecule has 1 aliphatic rings. The summed E-state index contributed by atoms with van der Waals surface area (Å²) in [7, 11) is -3.66. The molecule has 2 aromatic rings. The normalized spacial score (nSPS) is 19.4. The zero-order chi connectivity index (χ0) is 23.5. The van der Waals surface area contributed by atoms with Gasteiger partial charge in [0.25, 0.3) is 5.91 Å². The molecule has 0 saturated carbocycles. The lowest BCUT2D eigenvalue weighted by atomic mass is 9.94. The summed E-state index contributed by atoms with van der Waals surface area (Å²) in [6.07, 6.45) is 0.984. The number of rotatable bonds is 6. The van der Waals surface area contributed by atoms with Gasteiger partial charge in [-0.15, -0.1) is 0 Å². The van der Waals surface area contributed by atoms with Gasteiger partial charge in [0.05, 0.1) is 21.2 Å². The van der Waals surface area contributed by atoms with E-state index in [1.54, 1.807) is 0 Å². The number of hydrogen-bond donors (Lipinski definition) is 1. The van der Waals surface area contributed by atoms with E-state index in [-0.39, 0.29) is 33.0 Å². The van der Waals surface area contributed by atoms with E-state index >= 15 is 0 Å². The fourth-order valence-corrected chi connectivity index (χ4v) is 5.60. The quantitative estimate of drug-likeness (QED) is 0.629. The average Bonchev–Trinajstić information content (AvgIpc) is 2.73. The molecule has 1 saturated heterocycles. The standard InChI is InChI=1S/C22H24ClFN2O5S/c1-14-9-15(2)12-26(11-14)32(29,30)18-6-3-16(4-7-18)22(28)31-13-21(27)25-20-8-5-17(24)10-19(20)23/h3-8,10,14-15H,9,11-13H2,1-2H3,(H,25,27)/t14-,15+. The molecule has 0 aromatic heterocycles. The SMILES string of the molecule is C[C@@H]1C[C@H](C)CN(S(=O)(=O)c2ccc(C(=O)OCC(=O)Nc3ccc(F)cc3Cl)cc2)C1. The summed E-state index contributed by atoms with van der Waals surface area (Å²) in [5.74, 6) is -1.43. The number of hydrogen-bond acceptors (Lipinski definition) is 5. The molecule has 7 nitrogen and oxygen atoms in total. The largest absolute Gasteiger partial charge is 0.452 e. The monoisotopic (exact) mass is 482 g/mol. The molecule has 0 aliphatic carbocycles. The highest BCUT2D eigenvalue weighted by Crippen LogP contribution is 2.27. The van der Waals surface area contributed by atoms with Gasteiger partial charge >= 0.3 is 5.97 Å². The third kappa shape index (κ3) is 5.85. The molecule has 10 heteroatoms. The number of amides is 1. The zero-order valence-corrected chi connectivity index (χ0v) is 19.2. The topological polar surface area (TPSA) is 92.8 Å². The van der Waals surface area contributed by atoms with Crippen LogP contribution in [0, 0.1) is 17.7 Å². The Hall–Kier alpha value is -2.49. The fraction of sp³-hybridized carbons (Fsp3) is 0.364. The molecule has 3 rings (SSSR count). The van der Waals surface area contributed by atoms with Crippen LogP contribution in [-0.4, -0.2) is 44.3 Å². The summed E-state index contributed by atoms with van der Waals surface area (Å²) in [5, 5.41) is 2.43. The smallest absolute Gasteiger partial charge is 0.338 e. The molecule has 1 aliphatic heterocycles. The Balaban J connectivity index is 1.59. The lowest BCUT2D eigenvalue weighted by Crippen LogP contribution is -2.42. The van der Waals surface area contributed by atoms with Crippen molar-refractivity contribution in [2.24, 2.45) is 11.8 Å². The molecule has 0 bridgehead atoms. The number of ether oxygens (including phenoxy) is 1. The highest BCUT2D eigenvalue weighted by Gasteiger charge is 2.31. The Morgan fingerprint density at radius 3 is 2.34 bits per heavy atom. The van der Waals surface area contributed by atoms with E-state index in [2.05, 4.69) is 5.32 Å². The molecule has 1 heterocycles. The Bertz CT molecular complexity index is 1100. The Kier molecular flexibility index (Phi) is 7.53. The van der Waals surface area contributed by atoms with Crippen LogP contribution in [-0.2, 0) is 19.6 Å². The van der Waals surface area contributed by atoms with Crippen LogP contribution >= 0.6 is 11.6 Å². The van der Waals surface area contributed by atoms with Crippen molar-refractivity contribution in [3.63, 3.8) is 0 Å². The third-order valence-corrected chi connectivity index (χ3v) is 7.26. The zero-order valence-electron chi connectivity index (χ0n) is 17.7. The molecule has 32 heavy (non-hydrogen) atoms. The maximum atomic E-state index is 13.1. The number of benzene rings is 2. The van der Waals surface area contributed by atoms with E-state index in [4.69, 9.17) is 16.3 Å². The summed E-state index contributed by atoms with van der Waals surface area (Å²) in [6, 6.07) is 8.88. The van der Waals surface area contributed by atoms with Crippen LogP contribution in [0.4, 0.5) is 10.1 Å². The number of carbonyl (C=O) groups excluding carboxylic acids is 2. The lowest BCUT2D eigenvalue weighted by molar-refractivity contribution is -0.119. The maximum absolute atomic E-state index is 13.1.